The molecule has 1 atom stereocenters. The fourth-order valence-electron chi connectivity index (χ4n) is 2.16. The zero-order chi connectivity index (χ0) is 17.1. The van der Waals surface area contributed by atoms with Crippen molar-refractivity contribution < 1.29 is 41.8 Å². The molecule has 0 aliphatic carbocycles. The average molecular weight is 446 g/mol. The fourth-order valence-corrected chi connectivity index (χ4v) is 2.68. The van der Waals surface area contributed by atoms with Crippen LogP contribution in [0.4, 0.5) is 10.2 Å². The van der Waals surface area contributed by atoms with Gasteiger partial charge in [-0.2, -0.15) is 11.4 Å². The van der Waals surface area contributed by atoms with E-state index in [1.165, 1.54) is 11.8 Å². The van der Waals surface area contributed by atoms with Crippen molar-refractivity contribution in [2.24, 2.45) is 0 Å². The van der Waals surface area contributed by atoms with Crippen LogP contribution in [-0.2, 0) is 32.7 Å². The standard InChI is InChI=1S/C13H12ClFN4OS.C2H6.Y/c1-4-6-5-20-12-7-9(8(15)10(14)17-12)16-13(21-3)18-11(7)19(6)2;1-2;/h6H,1-2,4-5H2,3H3;1-2H3;/q-2;;. The van der Waals surface area contributed by atoms with Gasteiger partial charge in [0.25, 0.3) is 0 Å². The van der Waals surface area contributed by atoms with Crippen LogP contribution in [0.5, 0.6) is 5.88 Å². The van der Waals surface area contributed by atoms with Crippen LogP contribution in [0.3, 0.4) is 0 Å². The SMILES string of the molecule is CC.[CH2-]CC1COc2nc(Cl)c(F)c3nc(SC)nc(c23)N1[CH2-].[Y]. The van der Waals surface area contributed by atoms with E-state index in [2.05, 4.69) is 28.9 Å². The summed E-state index contributed by atoms with van der Waals surface area (Å²) in [6.07, 6.45) is 2.38. The van der Waals surface area contributed by atoms with Gasteiger partial charge in [0.1, 0.15) is 23.3 Å². The summed E-state index contributed by atoms with van der Waals surface area (Å²) in [6.45, 7) is 8.20. The molecule has 1 radical (unpaired) electrons. The van der Waals surface area contributed by atoms with Gasteiger partial charge >= 0.3 is 0 Å². The molecule has 0 saturated heterocycles. The molecule has 1 unspecified atom stereocenters. The van der Waals surface area contributed by atoms with Gasteiger partial charge in [-0.3, -0.25) is 7.05 Å². The van der Waals surface area contributed by atoms with Gasteiger partial charge in [-0.1, -0.05) is 37.2 Å². The van der Waals surface area contributed by atoms with Crippen LogP contribution >= 0.6 is 23.4 Å². The van der Waals surface area contributed by atoms with Crippen LogP contribution in [0.2, 0.25) is 5.15 Å². The molecular formula is C15H18ClFN4OSY-2. The molecule has 2 aromatic rings. The third-order valence-corrected chi connectivity index (χ3v) is 4.11. The first kappa shape index (κ1) is 21.8. The smallest absolute Gasteiger partial charge is 0.228 e. The van der Waals surface area contributed by atoms with Crippen molar-refractivity contribution in [2.45, 2.75) is 31.5 Å². The number of thioether (sulfide) groups is 1. The fraction of sp³-hybridized carbons (Fsp3) is 0.400. The minimum atomic E-state index is -0.681. The molecule has 5 nitrogen and oxygen atoms in total. The Kier molecular flexibility index (Phi) is 8.59. The topological polar surface area (TPSA) is 51.1 Å². The molecule has 3 rings (SSSR count). The van der Waals surface area contributed by atoms with Gasteiger partial charge < -0.3 is 16.6 Å². The molecular weight excluding hydrogens is 428 g/mol. The van der Waals surface area contributed by atoms with Gasteiger partial charge in [-0.05, 0) is 6.26 Å². The molecule has 9 heteroatoms. The predicted molar refractivity (Wildman–Crippen MR) is 92.5 cm³/mol. The summed E-state index contributed by atoms with van der Waals surface area (Å²) in [6, 6.07) is -0.0890. The van der Waals surface area contributed by atoms with Crippen LogP contribution in [0.15, 0.2) is 5.16 Å². The van der Waals surface area contributed by atoms with Crippen molar-refractivity contribution in [3.05, 3.63) is 24.9 Å². The van der Waals surface area contributed by atoms with Crippen LogP contribution in [0.25, 0.3) is 10.9 Å². The van der Waals surface area contributed by atoms with Crippen molar-refractivity contribution >= 4 is 40.1 Å². The third-order valence-electron chi connectivity index (χ3n) is 3.31. The second-order valence-corrected chi connectivity index (χ2v) is 5.63. The van der Waals surface area contributed by atoms with Gasteiger partial charge in [0, 0.05) is 38.8 Å². The van der Waals surface area contributed by atoms with Crippen molar-refractivity contribution in [3.63, 3.8) is 0 Å². The van der Waals surface area contributed by atoms with E-state index in [9.17, 15) is 4.39 Å². The van der Waals surface area contributed by atoms with E-state index in [1.807, 2.05) is 20.1 Å². The first-order valence-electron chi connectivity index (χ1n) is 7.19. The summed E-state index contributed by atoms with van der Waals surface area (Å²) in [7, 11) is 3.99. The van der Waals surface area contributed by atoms with E-state index in [4.69, 9.17) is 16.3 Å². The van der Waals surface area contributed by atoms with Gasteiger partial charge in [0.15, 0.2) is 16.1 Å². The second kappa shape index (κ2) is 9.46. The van der Waals surface area contributed by atoms with Crippen LogP contribution in [0, 0.1) is 19.8 Å². The summed E-state index contributed by atoms with van der Waals surface area (Å²) < 4.78 is 19.9. The Morgan fingerprint density at radius 3 is 2.62 bits per heavy atom. The molecule has 0 aromatic carbocycles. The summed E-state index contributed by atoms with van der Waals surface area (Å²) >= 11 is 7.14. The minimum Gasteiger partial charge on any atom is -0.506 e. The predicted octanol–water partition coefficient (Wildman–Crippen LogP) is 4.15. The maximum Gasteiger partial charge on any atom is 0.228 e. The Morgan fingerprint density at radius 1 is 1.38 bits per heavy atom. The molecule has 0 spiro atoms. The molecule has 0 bridgehead atoms. The molecule has 0 N–H and O–H groups in total. The molecule has 1 aliphatic rings. The Labute approximate surface area is 176 Å². The molecule has 2 aromatic heterocycles. The molecule has 3 heterocycles. The van der Waals surface area contributed by atoms with Gasteiger partial charge in [-0.25, -0.2) is 14.4 Å². The largest absolute Gasteiger partial charge is 0.506 e. The van der Waals surface area contributed by atoms with Crippen molar-refractivity contribution in [1.82, 2.24) is 15.0 Å². The number of anilines is 1. The Hall–Kier alpha value is -0.236. The number of hydrogen-bond acceptors (Lipinski definition) is 6. The number of nitrogens with zero attached hydrogens (tertiary/aromatic N) is 4. The van der Waals surface area contributed by atoms with Crippen molar-refractivity contribution in [3.8, 4) is 5.88 Å². The molecule has 129 valence electrons. The summed E-state index contributed by atoms with van der Waals surface area (Å²) in [5, 5.41) is 0.557. The third kappa shape index (κ3) is 3.95. The number of ether oxygens (including phenoxy) is 1. The monoisotopic (exact) mass is 445 g/mol. The summed E-state index contributed by atoms with van der Waals surface area (Å²) in [5.74, 6) is 0.0247. The maximum absolute atomic E-state index is 14.3. The first-order chi connectivity index (χ1) is 11.1. The van der Waals surface area contributed by atoms with Crippen molar-refractivity contribution in [1.29, 1.82) is 0 Å². The number of hydrogen-bond donors (Lipinski definition) is 0. The van der Waals surface area contributed by atoms with Gasteiger partial charge in [-0.15, -0.1) is 0 Å². The minimum absolute atomic E-state index is 0. The molecule has 0 saturated carbocycles. The van der Waals surface area contributed by atoms with E-state index < -0.39 is 5.82 Å². The zero-order valence-electron chi connectivity index (χ0n) is 13.8. The van der Waals surface area contributed by atoms with Gasteiger partial charge in [0.05, 0.1) is 0 Å². The first-order valence-corrected chi connectivity index (χ1v) is 8.79. The zero-order valence-corrected chi connectivity index (χ0v) is 18.3. The number of pyridine rings is 1. The van der Waals surface area contributed by atoms with Crippen LogP contribution in [-0.4, -0.2) is 33.9 Å². The quantitative estimate of drug-likeness (QED) is 0.300. The second-order valence-electron chi connectivity index (χ2n) is 4.50. The molecule has 0 fully saturated rings. The van der Waals surface area contributed by atoms with E-state index in [1.54, 1.807) is 4.90 Å². The van der Waals surface area contributed by atoms with E-state index in [-0.39, 0.29) is 55.3 Å². The number of rotatable bonds is 2. The van der Waals surface area contributed by atoms with E-state index in [0.29, 0.717) is 29.4 Å². The van der Waals surface area contributed by atoms with E-state index in [0.717, 1.165) is 0 Å². The molecule has 1 aliphatic heterocycles. The average Bonchev–Trinajstić information content (AvgIpc) is 2.72. The van der Waals surface area contributed by atoms with E-state index >= 15 is 0 Å². The Morgan fingerprint density at radius 2 is 2.04 bits per heavy atom. The normalized spacial score (nSPS) is 15.8. The Balaban J connectivity index is 0.000000925. The number of halogens is 2. The van der Waals surface area contributed by atoms with Crippen LogP contribution < -0.4 is 9.64 Å². The number of aromatic nitrogens is 3. The summed E-state index contributed by atoms with van der Waals surface area (Å²) in [4.78, 5) is 14.2. The van der Waals surface area contributed by atoms with Crippen LogP contribution in [0.1, 0.15) is 20.3 Å². The Bertz CT molecular complexity index is 722. The summed E-state index contributed by atoms with van der Waals surface area (Å²) in [5.41, 5.74) is 0.0951. The van der Waals surface area contributed by atoms with Crippen molar-refractivity contribution in [2.75, 3.05) is 17.8 Å². The molecule has 24 heavy (non-hydrogen) atoms. The maximum atomic E-state index is 14.3. The molecule has 0 amide bonds. The van der Waals surface area contributed by atoms with Gasteiger partial charge in [0.2, 0.25) is 5.88 Å².